The number of ether oxygens (including phenoxy) is 2. The van der Waals surface area contributed by atoms with E-state index >= 15 is 0 Å². The number of aliphatic hydroxyl groups excluding tert-OH is 2. The van der Waals surface area contributed by atoms with Crippen molar-refractivity contribution in [1.29, 1.82) is 0 Å². The SMILES string of the molecule is OC(COC1Cc2cc(/C=N/N(c3ccccc3)c3ccccc3)ccc2N(c2ccccc2)C1)CSc1ccc(-c2ccc(SCC(O)COC3Cc4cc(/C=N/N(c5ccccc5)c5ccccc5)ccc4N(c4ccccc4)C3)cc2)cc1. The van der Waals surface area contributed by atoms with Crippen LogP contribution in [0.15, 0.2) is 287 Å². The molecule has 0 aliphatic carbocycles. The minimum absolute atomic E-state index is 0.123. The Bertz CT molecular complexity index is 3470. The maximum Gasteiger partial charge on any atom is 0.0867 e. The summed E-state index contributed by atoms with van der Waals surface area (Å²) in [5, 5.41) is 36.4. The van der Waals surface area contributed by atoms with Crippen molar-refractivity contribution in [3.8, 4) is 11.1 Å². The topological polar surface area (TPSA) is 96.6 Å². The van der Waals surface area contributed by atoms with Gasteiger partial charge in [0.1, 0.15) is 0 Å². The van der Waals surface area contributed by atoms with E-state index in [4.69, 9.17) is 19.7 Å². The van der Waals surface area contributed by atoms with Gasteiger partial charge in [-0.15, -0.1) is 23.5 Å². The zero-order valence-electron chi connectivity index (χ0n) is 47.7. The zero-order chi connectivity index (χ0) is 58.3. The molecule has 0 saturated heterocycles. The summed E-state index contributed by atoms with van der Waals surface area (Å²) in [6, 6.07) is 91.6. The van der Waals surface area contributed by atoms with Gasteiger partial charge in [-0.2, -0.15) is 10.2 Å². The Labute approximate surface area is 513 Å². The molecule has 2 aliphatic heterocycles. The van der Waals surface area contributed by atoms with Gasteiger partial charge >= 0.3 is 0 Å². The number of hydrogen-bond acceptors (Lipinski definition) is 12. The number of para-hydroxylation sites is 6. The molecule has 430 valence electrons. The summed E-state index contributed by atoms with van der Waals surface area (Å²) in [6.45, 7) is 1.82. The van der Waals surface area contributed by atoms with E-state index in [2.05, 4.69) is 192 Å². The van der Waals surface area contributed by atoms with Crippen molar-refractivity contribution in [3.05, 3.63) is 289 Å². The number of fused-ring (bicyclic) bond motifs is 2. The Morgan fingerprint density at radius 1 is 0.419 bits per heavy atom. The third-order valence-corrected chi connectivity index (χ3v) is 17.5. The molecule has 0 bridgehead atoms. The zero-order valence-corrected chi connectivity index (χ0v) is 49.4. The lowest BCUT2D eigenvalue weighted by atomic mass is 9.97. The number of hydrogen-bond donors (Lipinski definition) is 2. The molecule has 0 aromatic heterocycles. The van der Waals surface area contributed by atoms with Gasteiger partial charge in [-0.25, -0.2) is 10.0 Å². The van der Waals surface area contributed by atoms with Crippen LogP contribution in [0.5, 0.6) is 0 Å². The molecule has 0 spiro atoms. The van der Waals surface area contributed by atoms with Gasteiger partial charge in [0.05, 0.1) is 72.8 Å². The van der Waals surface area contributed by atoms with Crippen LogP contribution in [0.25, 0.3) is 11.1 Å². The number of hydrazone groups is 2. The second kappa shape index (κ2) is 28.4. The van der Waals surface area contributed by atoms with E-state index in [0.717, 1.165) is 90.4 Å². The van der Waals surface area contributed by atoms with Crippen molar-refractivity contribution < 1.29 is 19.7 Å². The molecule has 2 N–H and O–H groups in total. The van der Waals surface area contributed by atoms with Crippen molar-refractivity contribution in [3.63, 3.8) is 0 Å². The molecule has 10 aromatic carbocycles. The average molecular weight is 1170 g/mol. The van der Waals surface area contributed by atoms with Crippen LogP contribution < -0.4 is 19.8 Å². The maximum atomic E-state index is 11.3. The molecule has 0 radical (unpaired) electrons. The highest BCUT2D eigenvalue weighted by molar-refractivity contribution is 7.99. The summed E-state index contributed by atoms with van der Waals surface area (Å²) in [4.78, 5) is 6.80. The molecule has 4 unspecified atom stereocenters. The van der Waals surface area contributed by atoms with Crippen LogP contribution in [0.1, 0.15) is 22.3 Å². The normalized spacial score (nSPS) is 15.5. The van der Waals surface area contributed by atoms with Crippen molar-refractivity contribution in [2.45, 2.75) is 47.0 Å². The quantitative estimate of drug-likeness (QED) is 0.0366. The van der Waals surface area contributed by atoms with E-state index in [-0.39, 0.29) is 25.4 Å². The summed E-state index contributed by atoms with van der Waals surface area (Å²) in [5.41, 5.74) is 15.0. The number of aliphatic hydroxyl groups is 2. The lowest BCUT2D eigenvalue weighted by Crippen LogP contribution is -2.38. The maximum absolute atomic E-state index is 11.3. The molecule has 12 rings (SSSR count). The van der Waals surface area contributed by atoms with Gasteiger partial charge in [-0.1, -0.05) is 146 Å². The van der Waals surface area contributed by atoms with Crippen LogP contribution in [0.3, 0.4) is 0 Å². The first-order valence-corrected chi connectivity index (χ1v) is 31.2. The predicted octanol–water partition coefficient (Wildman–Crippen LogP) is 16.2. The Hall–Kier alpha value is -8.72. The molecule has 0 saturated carbocycles. The summed E-state index contributed by atoms with van der Waals surface area (Å²) in [5.74, 6) is 1.02. The van der Waals surface area contributed by atoms with E-state index in [9.17, 15) is 10.2 Å². The summed E-state index contributed by atoms with van der Waals surface area (Å²) in [7, 11) is 0. The average Bonchev–Trinajstić information content (AvgIpc) is 1.55. The second-order valence-corrected chi connectivity index (χ2v) is 23.6. The van der Waals surface area contributed by atoms with E-state index in [1.54, 1.807) is 23.5 Å². The van der Waals surface area contributed by atoms with Gasteiger partial charge < -0.3 is 29.5 Å². The van der Waals surface area contributed by atoms with Crippen LogP contribution >= 0.6 is 23.5 Å². The van der Waals surface area contributed by atoms with Gasteiger partial charge in [0.15, 0.2) is 0 Å². The minimum Gasteiger partial charge on any atom is -0.390 e. The monoisotopic (exact) mass is 1170 g/mol. The summed E-state index contributed by atoms with van der Waals surface area (Å²) >= 11 is 3.26. The van der Waals surface area contributed by atoms with Crippen LogP contribution in [0.2, 0.25) is 0 Å². The second-order valence-electron chi connectivity index (χ2n) is 21.4. The van der Waals surface area contributed by atoms with Crippen LogP contribution in [-0.2, 0) is 22.3 Å². The Morgan fingerprint density at radius 3 is 1.08 bits per heavy atom. The lowest BCUT2D eigenvalue weighted by Gasteiger charge is -2.36. The van der Waals surface area contributed by atoms with Crippen LogP contribution in [0, 0.1) is 0 Å². The van der Waals surface area contributed by atoms with E-state index in [1.807, 2.05) is 107 Å². The third-order valence-electron chi connectivity index (χ3n) is 15.2. The number of thioether (sulfide) groups is 2. The first kappa shape index (κ1) is 57.7. The van der Waals surface area contributed by atoms with E-state index in [0.29, 0.717) is 24.6 Å². The highest BCUT2D eigenvalue weighted by Gasteiger charge is 2.29. The number of rotatable bonds is 23. The largest absolute Gasteiger partial charge is 0.390 e. The van der Waals surface area contributed by atoms with Gasteiger partial charge in [0, 0.05) is 70.0 Å². The number of nitrogens with zero attached hydrogens (tertiary/aromatic N) is 6. The molecule has 10 nitrogen and oxygen atoms in total. The summed E-state index contributed by atoms with van der Waals surface area (Å²) in [6.07, 6.45) is 3.74. The molecule has 2 heterocycles. The number of anilines is 8. The molecule has 12 heteroatoms. The van der Waals surface area contributed by atoms with Crippen LogP contribution in [0.4, 0.5) is 45.5 Å². The van der Waals surface area contributed by atoms with Crippen molar-refractivity contribution in [2.24, 2.45) is 10.2 Å². The van der Waals surface area contributed by atoms with Crippen molar-refractivity contribution in [1.82, 2.24) is 0 Å². The first-order chi connectivity index (χ1) is 42.4. The lowest BCUT2D eigenvalue weighted by molar-refractivity contribution is 0.00188. The predicted molar refractivity (Wildman–Crippen MR) is 357 cm³/mol. The smallest absolute Gasteiger partial charge is 0.0867 e. The van der Waals surface area contributed by atoms with Gasteiger partial charge in [-0.3, -0.25) is 0 Å². The molecule has 10 aromatic rings. The number of benzene rings is 10. The summed E-state index contributed by atoms with van der Waals surface area (Å²) < 4.78 is 13.1. The molecular formula is C74H68N6O4S2. The fourth-order valence-corrected chi connectivity index (χ4v) is 12.5. The molecule has 0 fully saturated rings. The van der Waals surface area contributed by atoms with Crippen LogP contribution in [-0.4, -0.2) is 84.9 Å². The minimum atomic E-state index is -0.643. The van der Waals surface area contributed by atoms with E-state index in [1.165, 1.54) is 11.1 Å². The standard InChI is InChI=1S/C74H68N6O4S2/c81-67(51-83-69-45-59-43-55(31-41-73(59)77(49-69)61-19-7-1-8-20-61)47-75-79(63-23-11-3-12-24-63)64-25-13-4-14-26-64)53-85-71-37-33-57(34-38-71)58-35-39-72(40-36-58)86-54-68(82)52-84-70-46-60-44-56(32-42-74(60)78(50-70)62-21-9-2-10-22-62)48-76-80(65-27-15-5-16-28-65)66-29-17-6-18-30-66/h1-44,47-48,67-70,81-82H,45-46,49-54H2/b75-47+,76-48+. The fourth-order valence-electron chi connectivity index (χ4n) is 10.9. The molecule has 86 heavy (non-hydrogen) atoms. The molecule has 2 aliphatic rings. The van der Waals surface area contributed by atoms with Gasteiger partial charge in [0.2, 0.25) is 0 Å². The van der Waals surface area contributed by atoms with Gasteiger partial charge in [-0.05, 0) is 155 Å². The van der Waals surface area contributed by atoms with E-state index < -0.39 is 12.2 Å². The first-order valence-electron chi connectivity index (χ1n) is 29.3. The third kappa shape index (κ3) is 14.8. The van der Waals surface area contributed by atoms with Gasteiger partial charge in [0.25, 0.3) is 0 Å². The Kier molecular flexibility index (Phi) is 19.1. The molecular weight excluding hydrogens is 1100 g/mol. The van der Waals surface area contributed by atoms with Crippen molar-refractivity contribution in [2.75, 3.05) is 57.6 Å². The highest BCUT2D eigenvalue weighted by Crippen LogP contribution is 2.38. The fraction of sp³-hybridized carbons (Fsp3) is 0.162. The van der Waals surface area contributed by atoms with Crippen molar-refractivity contribution >= 4 is 81.5 Å². The highest BCUT2D eigenvalue weighted by atomic mass is 32.2. The Morgan fingerprint density at radius 2 is 0.744 bits per heavy atom. The molecule has 0 amide bonds. The Balaban J connectivity index is 0.617. The molecule has 4 atom stereocenters.